The van der Waals surface area contributed by atoms with Gasteiger partial charge in [-0.3, -0.25) is 10.2 Å². The molecule has 3 rings (SSSR count). The summed E-state index contributed by atoms with van der Waals surface area (Å²) in [5.41, 5.74) is 2.43. The number of thioether (sulfide) groups is 1. The average Bonchev–Trinajstić information content (AvgIpc) is 2.95. The van der Waals surface area contributed by atoms with Crippen LogP contribution in [0.1, 0.15) is 25.0 Å². The second-order valence-electron chi connectivity index (χ2n) is 4.93. The third-order valence-electron chi connectivity index (χ3n) is 3.47. The fourth-order valence-corrected chi connectivity index (χ4v) is 3.81. The Morgan fingerprint density at radius 3 is 2.70 bits per heavy atom. The first-order valence-electron chi connectivity index (χ1n) is 7.34. The first-order chi connectivity index (χ1) is 11.1. The van der Waals surface area contributed by atoms with Gasteiger partial charge in [-0.15, -0.1) is 0 Å². The molecule has 0 aromatic heterocycles. The number of carbonyl (C=O) groups is 1. The number of amides is 1. The predicted octanol–water partition coefficient (Wildman–Crippen LogP) is 3.58. The molecule has 0 saturated carbocycles. The Balaban J connectivity index is 1.93. The molecule has 0 aliphatic carbocycles. The van der Waals surface area contributed by atoms with E-state index < -0.39 is 0 Å². The molecule has 0 unspecified atom stereocenters. The predicted molar refractivity (Wildman–Crippen MR) is 99.0 cm³/mol. The van der Waals surface area contributed by atoms with Gasteiger partial charge in [0.2, 0.25) is 5.17 Å². The summed E-state index contributed by atoms with van der Waals surface area (Å²) in [5.74, 6) is 0.609. The maximum absolute atomic E-state index is 12.2. The number of rotatable bonds is 3. The Morgan fingerprint density at radius 2 is 2.04 bits per heavy atom. The van der Waals surface area contributed by atoms with E-state index in [0.29, 0.717) is 15.9 Å². The number of aryl methyl sites for hydroxylation is 1. The van der Waals surface area contributed by atoms with Gasteiger partial charge in [-0.2, -0.15) is 9.39 Å². The molecule has 2 aliphatic heterocycles. The van der Waals surface area contributed by atoms with Gasteiger partial charge in [0.1, 0.15) is 5.84 Å². The van der Waals surface area contributed by atoms with Gasteiger partial charge < -0.3 is 0 Å². The van der Waals surface area contributed by atoms with Crippen LogP contribution in [0.2, 0.25) is 0 Å². The topological polar surface area (TPSA) is 68.9 Å². The van der Waals surface area contributed by atoms with Gasteiger partial charge >= 0.3 is 0 Å². The molecule has 1 N–H and O–H groups in total. The van der Waals surface area contributed by atoms with Gasteiger partial charge in [-0.25, -0.2) is 4.90 Å². The van der Waals surface area contributed by atoms with E-state index in [1.807, 2.05) is 31.2 Å². The van der Waals surface area contributed by atoms with Gasteiger partial charge in [0, 0.05) is 0 Å². The maximum atomic E-state index is 12.2. The summed E-state index contributed by atoms with van der Waals surface area (Å²) in [6, 6.07) is 7.98. The summed E-state index contributed by atoms with van der Waals surface area (Å²) in [6.45, 7) is 4.12. The van der Waals surface area contributed by atoms with Crippen molar-refractivity contribution in [1.29, 1.82) is 5.41 Å². The number of nitrogens with one attached hydrogen (secondary N) is 1. The summed E-state index contributed by atoms with van der Waals surface area (Å²) in [4.78, 5) is 18.0. The molecule has 0 fully saturated rings. The molecule has 5 nitrogen and oxygen atoms in total. The molecule has 0 atom stereocenters. The van der Waals surface area contributed by atoms with Crippen LogP contribution < -0.4 is 0 Å². The van der Waals surface area contributed by atoms with Crippen LogP contribution in [0.4, 0.5) is 0 Å². The highest BCUT2D eigenvalue weighted by Crippen LogP contribution is 2.31. The van der Waals surface area contributed by atoms with Gasteiger partial charge in [0.15, 0.2) is 5.17 Å². The lowest BCUT2D eigenvalue weighted by atomic mass is 10.1. The summed E-state index contributed by atoms with van der Waals surface area (Å²) < 4.78 is 4.29. The number of fused-ring (bicyclic) bond motifs is 1. The lowest BCUT2D eigenvalue weighted by Crippen LogP contribution is -2.41. The molecule has 0 saturated heterocycles. The molecule has 1 aromatic carbocycles. The summed E-state index contributed by atoms with van der Waals surface area (Å²) in [6.07, 6.45) is 2.69. The smallest absolute Gasteiger partial charge is 0.283 e. The first-order valence-corrected chi connectivity index (χ1v) is 9.10. The maximum Gasteiger partial charge on any atom is 0.283 e. The highest BCUT2D eigenvalue weighted by atomic mass is 32.2. The van der Waals surface area contributed by atoms with Crippen molar-refractivity contribution in [2.45, 2.75) is 20.3 Å². The molecule has 0 spiro atoms. The molecule has 1 amide bonds. The SMILES string of the molecule is CCSC1=NSC2=NC(=O)/C(=C\c3ccc(CC)cc3)C(=N)N12. The number of amidine groups is 3. The van der Waals surface area contributed by atoms with E-state index in [-0.39, 0.29) is 11.7 Å². The zero-order chi connectivity index (χ0) is 16.4. The van der Waals surface area contributed by atoms with Crippen LogP contribution in [0.25, 0.3) is 6.08 Å². The number of nitrogens with zero attached hydrogens (tertiary/aromatic N) is 3. The van der Waals surface area contributed by atoms with Crippen LogP contribution in [0.5, 0.6) is 0 Å². The van der Waals surface area contributed by atoms with Crippen LogP contribution in [0.15, 0.2) is 39.2 Å². The summed E-state index contributed by atoms with van der Waals surface area (Å²) in [5, 5.41) is 9.57. The van der Waals surface area contributed by atoms with E-state index >= 15 is 0 Å². The minimum absolute atomic E-state index is 0.143. The summed E-state index contributed by atoms with van der Waals surface area (Å²) in [7, 11) is 0. The Labute approximate surface area is 143 Å². The number of carbonyl (C=O) groups excluding carboxylic acids is 1. The van der Waals surface area contributed by atoms with Crippen molar-refractivity contribution in [3.05, 3.63) is 41.0 Å². The minimum atomic E-state index is -0.383. The molecule has 2 heterocycles. The molecule has 118 valence electrons. The minimum Gasteiger partial charge on any atom is -0.283 e. The highest BCUT2D eigenvalue weighted by Gasteiger charge is 2.37. The highest BCUT2D eigenvalue weighted by molar-refractivity contribution is 8.19. The van der Waals surface area contributed by atoms with E-state index in [4.69, 9.17) is 5.41 Å². The lowest BCUT2D eigenvalue weighted by molar-refractivity contribution is -0.114. The Kier molecular flexibility index (Phi) is 4.68. The van der Waals surface area contributed by atoms with Crippen molar-refractivity contribution in [2.24, 2.45) is 9.39 Å². The number of benzene rings is 1. The van der Waals surface area contributed by atoms with Crippen LogP contribution in [0.3, 0.4) is 0 Å². The van der Waals surface area contributed by atoms with Gasteiger partial charge in [0.25, 0.3) is 5.91 Å². The number of hydrogen-bond acceptors (Lipinski definition) is 5. The van der Waals surface area contributed by atoms with Crippen molar-refractivity contribution in [1.82, 2.24) is 4.90 Å². The van der Waals surface area contributed by atoms with Crippen LogP contribution in [-0.4, -0.2) is 32.7 Å². The summed E-state index contributed by atoms with van der Waals surface area (Å²) >= 11 is 2.69. The van der Waals surface area contributed by atoms with E-state index in [1.54, 1.807) is 11.0 Å². The Morgan fingerprint density at radius 1 is 1.30 bits per heavy atom. The average molecular weight is 344 g/mol. The van der Waals surface area contributed by atoms with Crippen LogP contribution in [0, 0.1) is 5.41 Å². The van der Waals surface area contributed by atoms with Crippen molar-refractivity contribution in [3.63, 3.8) is 0 Å². The standard InChI is InChI=1S/C16H16N4OS2/c1-3-10-5-7-11(8-6-10)9-12-13(17)20-15(18-14(12)21)23-19-16(20)22-4-2/h5-9,17H,3-4H2,1-2H3/b12-9-,17-13?. The van der Waals surface area contributed by atoms with Crippen molar-refractivity contribution in [3.8, 4) is 0 Å². The third-order valence-corrected chi connectivity index (χ3v) is 5.10. The normalized spacial score (nSPS) is 19.0. The van der Waals surface area contributed by atoms with Crippen LogP contribution in [-0.2, 0) is 11.2 Å². The fourth-order valence-electron chi connectivity index (χ4n) is 2.24. The van der Waals surface area contributed by atoms with Gasteiger partial charge in [0.05, 0.1) is 17.5 Å². The second kappa shape index (κ2) is 6.72. The quantitative estimate of drug-likeness (QED) is 0.672. The van der Waals surface area contributed by atoms with Crippen LogP contribution >= 0.6 is 23.7 Å². The first kappa shape index (κ1) is 16.0. The zero-order valence-electron chi connectivity index (χ0n) is 12.9. The molecule has 23 heavy (non-hydrogen) atoms. The lowest BCUT2D eigenvalue weighted by Gasteiger charge is -2.24. The van der Waals surface area contributed by atoms with E-state index in [1.165, 1.54) is 17.3 Å². The van der Waals surface area contributed by atoms with Crippen molar-refractivity contribution < 1.29 is 4.79 Å². The van der Waals surface area contributed by atoms with Gasteiger partial charge in [-0.05, 0) is 29.4 Å². The van der Waals surface area contributed by atoms with E-state index in [9.17, 15) is 4.79 Å². The van der Waals surface area contributed by atoms with E-state index in [2.05, 4.69) is 16.3 Å². The molecular weight excluding hydrogens is 328 g/mol. The zero-order valence-corrected chi connectivity index (χ0v) is 14.5. The molecule has 2 aliphatic rings. The fraction of sp³-hybridized carbons (Fsp3) is 0.250. The van der Waals surface area contributed by atoms with E-state index in [0.717, 1.165) is 29.7 Å². The molecule has 1 aromatic rings. The Bertz CT molecular complexity index is 750. The van der Waals surface area contributed by atoms with Gasteiger partial charge in [-0.1, -0.05) is 49.9 Å². The van der Waals surface area contributed by atoms with Crippen molar-refractivity contribution >= 4 is 51.9 Å². The number of hydrogen-bond donors (Lipinski definition) is 1. The third kappa shape index (κ3) is 3.11. The molecule has 0 bridgehead atoms. The molecular formula is C16H16N4OS2. The monoisotopic (exact) mass is 344 g/mol. The Hall–Kier alpha value is -1.86. The second-order valence-corrected chi connectivity index (χ2v) is 6.90. The molecule has 0 radical (unpaired) electrons. The molecule has 7 heteroatoms. The largest absolute Gasteiger partial charge is 0.283 e. The van der Waals surface area contributed by atoms with Crippen molar-refractivity contribution in [2.75, 3.05) is 5.75 Å². The number of aliphatic imine (C=N–C) groups is 1.